The van der Waals surface area contributed by atoms with Crippen molar-refractivity contribution in [3.05, 3.63) is 57.9 Å². The number of aromatic amines is 1. The SMILES string of the molecule is COc1cccc(C(=O)NCCc2cc3c(OC)ccc(OC)c3[nH]c2=O)c1OC. The van der Waals surface area contributed by atoms with E-state index in [2.05, 4.69) is 10.3 Å². The lowest BCUT2D eigenvalue weighted by atomic mass is 10.1. The summed E-state index contributed by atoms with van der Waals surface area (Å²) in [6.07, 6.45) is 0.337. The van der Waals surface area contributed by atoms with Crippen molar-refractivity contribution in [1.29, 1.82) is 0 Å². The van der Waals surface area contributed by atoms with E-state index in [-0.39, 0.29) is 18.0 Å². The number of fused-ring (bicyclic) bond motifs is 1. The maximum absolute atomic E-state index is 12.6. The van der Waals surface area contributed by atoms with Crippen molar-refractivity contribution in [3.8, 4) is 23.0 Å². The molecule has 0 aliphatic rings. The summed E-state index contributed by atoms with van der Waals surface area (Å²) in [6.45, 7) is 0.264. The molecule has 30 heavy (non-hydrogen) atoms. The first-order valence-corrected chi connectivity index (χ1v) is 9.30. The summed E-state index contributed by atoms with van der Waals surface area (Å²) in [5, 5.41) is 3.55. The van der Waals surface area contributed by atoms with Crippen LogP contribution in [0.15, 0.2) is 41.2 Å². The number of aromatic nitrogens is 1. The van der Waals surface area contributed by atoms with Crippen molar-refractivity contribution >= 4 is 16.8 Å². The Morgan fingerprint density at radius 3 is 2.30 bits per heavy atom. The number of carbonyl (C=O) groups is 1. The molecule has 0 atom stereocenters. The maximum atomic E-state index is 12.6. The summed E-state index contributed by atoms with van der Waals surface area (Å²) in [6, 6.07) is 10.3. The fraction of sp³-hybridized carbons (Fsp3) is 0.273. The van der Waals surface area contributed by atoms with Crippen LogP contribution in [-0.4, -0.2) is 45.9 Å². The third-order valence-electron chi connectivity index (χ3n) is 4.78. The van der Waals surface area contributed by atoms with Crippen LogP contribution in [0.1, 0.15) is 15.9 Å². The van der Waals surface area contributed by atoms with Gasteiger partial charge in [-0.25, -0.2) is 0 Å². The Balaban J connectivity index is 1.80. The number of methoxy groups -OCH3 is 4. The average molecular weight is 412 g/mol. The molecule has 2 aromatic carbocycles. The van der Waals surface area contributed by atoms with Crippen LogP contribution in [0.3, 0.4) is 0 Å². The lowest BCUT2D eigenvalue weighted by Gasteiger charge is -2.13. The molecule has 0 saturated heterocycles. The summed E-state index contributed by atoms with van der Waals surface area (Å²) in [7, 11) is 6.09. The van der Waals surface area contributed by atoms with Gasteiger partial charge in [0, 0.05) is 17.5 Å². The van der Waals surface area contributed by atoms with Crippen molar-refractivity contribution in [3.63, 3.8) is 0 Å². The summed E-state index contributed by atoms with van der Waals surface area (Å²) >= 11 is 0. The van der Waals surface area contributed by atoms with E-state index in [4.69, 9.17) is 18.9 Å². The van der Waals surface area contributed by atoms with Crippen molar-refractivity contribution in [2.24, 2.45) is 0 Å². The minimum atomic E-state index is -0.317. The van der Waals surface area contributed by atoms with Crippen molar-refractivity contribution in [2.75, 3.05) is 35.0 Å². The number of hydrogen-bond acceptors (Lipinski definition) is 6. The number of para-hydroxylation sites is 1. The van der Waals surface area contributed by atoms with E-state index in [1.807, 2.05) is 0 Å². The molecule has 0 aliphatic carbocycles. The average Bonchev–Trinajstić information content (AvgIpc) is 2.77. The zero-order valence-corrected chi connectivity index (χ0v) is 17.3. The number of nitrogens with one attached hydrogen (secondary N) is 2. The summed E-state index contributed by atoms with van der Waals surface area (Å²) < 4.78 is 21.2. The molecule has 1 amide bonds. The smallest absolute Gasteiger partial charge is 0.255 e. The first-order chi connectivity index (χ1) is 14.5. The fourth-order valence-electron chi connectivity index (χ4n) is 3.29. The van der Waals surface area contributed by atoms with Crippen molar-refractivity contribution in [2.45, 2.75) is 6.42 Å². The second-order valence-corrected chi connectivity index (χ2v) is 6.43. The number of carbonyl (C=O) groups excluding carboxylic acids is 1. The molecule has 0 bridgehead atoms. The molecule has 3 aromatic rings. The van der Waals surface area contributed by atoms with Crippen LogP contribution < -0.4 is 29.8 Å². The summed E-state index contributed by atoms with van der Waals surface area (Å²) in [5.74, 6) is 1.68. The summed E-state index contributed by atoms with van der Waals surface area (Å²) in [5.41, 5.74) is 1.20. The lowest BCUT2D eigenvalue weighted by Crippen LogP contribution is -2.28. The van der Waals surface area contributed by atoms with Crippen LogP contribution >= 0.6 is 0 Å². The van der Waals surface area contributed by atoms with Crippen LogP contribution in [0.25, 0.3) is 10.9 Å². The van der Waals surface area contributed by atoms with E-state index < -0.39 is 0 Å². The van der Waals surface area contributed by atoms with Gasteiger partial charge in [-0.2, -0.15) is 0 Å². The van der Waals surface area contributed by atoms with Crippen molar-refractivity contribution in [1.82, 2.24) is 10.3 Å². The molecule has 1 heterocycles. The Kier molecular flexibility index (Phi) is 6.46. The third-order valence-corrected chi connectivity index (χ3v) is 4.78. The molecular formula is C22H24N2O6. The zero-order valence-electron chi connectivity index (χ0n) is 17.3. The van der Waals surface area contributed by atoms with Gasteiger partial charge in [-0.1, -0.05) is 6.07 Å². The van der Waals surface area contributed by atoms with Gasteiger partial charge < -0.3 is 29.2 Å². The van der Waals surface area contributed by atoms with E-state index in [9.17, 15) is 9.59 Å². The van der Waals surface area contributed by atoms with Gasteiger partial charge in [-0.05, 0) is 36.8 Å². The first kappa shape index (κ1) is 21.0. The highest BCUT2D eigenvalue weighted by molar-refractivity contribution is 5.97. The number of pyridine rings is 1. The molecule has 3 rings (SSSR count). The van der Waals surface area contributed by atoms with Crippen molar-refractivity contribution < 1.29 is 23.7 Å². The molecule has 0 radical (unpaired) electrons. The monoisotopic (exact) mass is 412 g/mol. The predicted octanol–water partition coefficient (Wildman–Crippen LogP) is 2.54. The molecule has 0 unspecified atom stereocenters. The molecular weight excluding hydrogens is 388 g/mol. The van der Waals surface area contributed by atoms with Crippen LogP contribution in [-0.2, 0) is 6.42 Å². The second-order valence-electron chi connectivity index (χ2n) is 6.43. The van der Waals surface area contributed by atoms with Gasteiger partial charge in [0.25, 0.3) is 11.5 Å². The number of H-pyrrole nitrogens is 1. The molecule has 1 aromatic heterocycles. The topological polar surface area (TPSA) is 98.9 Å². The molecule has 0 aliphatic heterocycles. The molecule has 8 heteroatoms. The van der Waals surface area contributed by atoms with Gasteiger partial charge in [0.1, 0.15) is 11.5 Å². The number of hydrogen-bond donors (Lipinski definition) is 2. The minimum Gasteiger partial charge on any atom is -0.496 e. The fourth-order valence-corrected chi connectivity index (χ4v) is 3.29. The minimum absolute atomic E-state index is 0.248. The van der Waals surface area contributed by atoms with Gasteiger partial charge >= 0.3 is 0 Å². The quantitative estimate of drug-likeness (QED) is 0.590. The lowest BCUT2D eigenvalue weighted by molar-refractivity contribution is 0.0950. The second kappa shape index (κ2) is 9.21. The van der Waals surface area contributed by atoms with Crippen LogP contribution in [0.4, 0.5) is 0 Å². The normalized spacial score (nSPS) is 10.5. The Hall–Kier alpha value is -3.68. The van der Waals surface area contributed by atoms with Gasteiger partial charge in [-0.3, -0.25) is 9.59 Å². The van der Waals surface area contributed by atoms with E-state index >= 15 is 0 Å². The molecule has 8 nitrogen and oxygen atoms in total. The highest BCUT2D eigenvalue weighted by Crippen LogP contribution is 2.32. The standard InChI is InChI=1S/C22H24N2O6/c1-27-16-8-9-17(28-2)19-15(16)12-13(21(25)24-19)10-11-23-22(26)14-6-5-7-18(29-3)20(14)30-4/h5-9,12H,10-11H2,1-4H3,(H,23,26)(H,24,25). The van der Waals surface area contributed by atoms with Crippen LogP contribution in [0.5, 0.6) is 23.0 Å². The molecule has 0 fully saturated rings. The van der Waals surface area contributed by atoms with E-state index in [1.165, 1.54) is 21.3 Å². The number of amides is 1. The van der Waals surface area contributed by atoms with E-state index in [0.717, 1.165) is 5.39 Å². The number of rotatable bonds is 8. The third kappa shape index (κ3) is 4.03. The van der Waals surface area contributed by atoms with Crippen LogP contribution in [0.2, 0.25) is 0 Å². The highest BCUT2D eigenvalue weighted by atomic mass is 16.5. The van der Waals surface area contributed by atoms with Gasteiger partial charge in [-0.15, -0.1) is 0 Å². The Morgan fingerprint density at radius 1 is 0.933 bits per heavy atom. The Morgan fingerprint density at radius 2 is 1.63 bits per heavy atom. The zero-order chi connectivity index (χ0) is 21.7. The van der Waals surface area contributed by atoms with Gasteiger partial charge in [0.05, 0.1) is 39.5 Å². The number of ether oxygens (including phenoxy) is 4. The molecule has 0 saturated carbocycles. The Labute approximate surface area is 173 Å². The number of benzene rings is 2. The van der Waals surface area contributed by atoms with Gasteiger partial charge in [0.2, 0.25) is 0 Å². The first-order valence-electron chi connectivity index (χ1n) is 9.30. The highest BCUT2D eigenvalue weighted by Gasteiger charge is 2.16. The molecule has 2 N–H and O–H groups in total. The maximum Gasteiger partial charge on any atom is 0.255 e. The summed E-state index contributed by atoms with van der Waals surface area (Å²) in [4.78, 5) is 28.0. The van der Waals surface area contributed by atoms with E-state index in [1.54, 1.807) is 43.5 Å². The predicted molar refractivity (Wildman–Crippen MR) is 113 cm³/mol. The van der Waals surface area contributed by atoms with Gasteiger partial charge in [0.15, 0.2) is 11.5 Å². The Bertz CT molecular complexity index is 1120. The molecule has 158 valence electrons. The largest absolute Gasteiger partial charge is 0.496 e. The van der Waals surface area contributed by atoms with E-state index in [0.29, 0.717) is 46.1 Å². The van der Waals surface area contributed by atoms with Crippen LogP contribution in [0, 0.1) is 0 Å². The molecule has 0 spiro atoms.